The van der Waals surface area contributed by atoms with Crippen LogP contribution in [0.25, 0.3) is 5.69 Å². The number of methoxy groups -OCH3 is 2. The molecule has 0 aliphatic carbocycles. The van der Waals surface area contributed by atoms with Crippen LogP contribution in [0.1, 0.15) is 37.1 Å². The van der Waals surface area contributed by atoms with E-state index in [-0.39, 0.29) is 31.0 Å². The lowest BCUT2D eigenvalue weighted by Gasteiger charge is -2.39. The van der Waals surface area contributed by atoms with Crippen molar-refractivity contribution in [2.75, 3.05) is 38.8 Å². The van der Waals surface area contributed by atoms with Crippen molar-refractivity contribution in [1.29, 1.82) is 0 Å². The second-order valence-electron chi connectivity index (χ2n) is 8.33. The second-order valence-corrected chi connectivity index (χ2v) is 8.33. The van der Waals surface area contributed by atoms with E-state index < -0.39 is 0 Å². The van der Waals surface area contributed by atoms with Gasteiger partial charge in [-0.25, -0.2) is 0 Å². The Bertz CT molecular complexity index is 1140. The van der Waals surface area contributed by atoms with Crippen molar-refractivity contribution in [1.82, 2.24) is 9.47 Å². The number of hydrogen-bond acceptors (Lipinski definition) is 4. The van der Waals surface area contributed by atoms with Gasteiger partial charge < -0.3 is 18.9 Å². The van der Waals surface area contributed by atoms with Crippen LogP contribution in [0, 0.1) is 0 Å². The molecule has 0 N–H and O–H groups in total. The normalized spacial score (nSPS) is 14.3. The first-order chi connectivity index (χ1) is 16.6. The minimum absolute atomic E-state index is 0.0100. The number of anilines is 1. The number of amides is 2. The SMILES string of the molecule is CCCCN(CC(=O)N1c2ccccc2-n2cccc2C1c1ccc(OC)cc1)C(=O)COC. The molecule has 7 nitrogen and oxygen atoms in total. The average molecular weight is 462 g/mol. The fourth-order valence-electron chi connectivity index (χ4n) is 4.46. The average Bonchev–Trinajstić information content (AvgIpc) is 3.36. The molecule has 0 radical (unpaired) electrons. The van der Waals surface area contributed by atoms with Crippen LogP contribution in [0.4, 0.5) is 5.69 Å². The number of hydrogen-bond donors (Lipinski definition) is 0. The maximum absolute atomic E-state index is 13.9. The summed E-state index contributed by atoms with van der Waals surface area (Å²) in [6.45, 7) is 2.53. The van der Waals surface area contributed by atoms with Crippen LogP contribution in [0.15, 0.2) is 66.9 Å². The molecule has 4 rings (SSSR count). The highest BCUT2D eigenvalue weighted by Crippen LogP contribution is 2.42. The molecule has 0 spiro atoms. The van der Waals surface area contributed by atoms with Gasteiger partial charge in [0.15, 0.2) is 0 Å². The molecule has 2 aromatic carbocycles. The minimum atomic E-state index is -0.339. The van der Waals surface area contributed by atoms with E-state index in [9.17, 15) is 9.59 Å². The van der Waals surface area contributed by atoms with Gasteiger partial charge in [0, 0.05) is 19.9 Å². The zero-order valence-corrected chi connectivity index (χ0v) is 19.9. The topological polar surface area (TPSA) is 64.0 Å². The Labute approximate surface area is 200 Å². The Morgan fingerprint density at radius 3 is 2.38 bits per heavy atom. The highest BCUT2D eigenvalue weighted by Gasteiger charge is 2.36. The largest absolute Gasteiger partial charge is 0.497 e. The summed E-state index contributed by atoms with van der Waals surface area (Å²) in [5.41, 5.74) is 3.70. The minimum Gasteiger partial charge on any atom is -0.497 e. The predicted molar refractivity (Wildman–Crippen MR) is 131 cm³/mol. The van der Waals surface area contributed by atoms with Gasteiger partial charge in [0.05, 0.1) is 24.2 Å². The molecule has 3 aromatic rings. The molecule has 0 saturated heterocycles. The second kappa shape index (κ2) is 10.6. The maximum Gasteiger partial charge on any atom is 0.249 e. The lowest BCUT2D eigenvalue weighted by atomic mass is 9.97. The van der Waals surface area contributed by atoms with Crippen LogP contribution < -0.4 is 9.64 Å². The molecule has 1 aliphatic rings. The number of carbonyl (C=O) groups excluding carboxylic acids is 2. The van der Waals surface area contributed by atoms with Gasteiger partial charge in [0.25, 0.3) is 0 Å². The van der Waals surface area contributed by atoms with Crippen molar-refractivity contribution >= 4 is 17.5 Å². The molecule has 1 aromatic heterocycles. The summed E-state index contributed by atoms with van der Waals surface area (Å²) in [5, 5.41) is 0. The van der Waals surface area contributed by atoms with Gasteiger partial charge in [0.1, 0.15) is 24.9 Å². The summed E-state index contributed by atoms with van der Waals surface area (Å²) in [6.07, 6.45) is 3.77. The first kappa shape index (κ1) is 23.6. The first-order valence-electron chi connectivity index (χ1n) is 11.6. The van der Waals surface area contributed by atoms with Gasteiger partial charge in [0.2, 0.25) is 11.8 Å². The number of rotatable bonds is 9. The number of benzene rings is 2. The van der Waals surface area contributed by atoms with Crippen molar-refractivity contribution in [2.24, 2.45) is 0 Å². The van der Waals surface area contributed by atoms with Crippen molar-refractivity contribution in [3.8, 4) is 11.4 Å². The third kappa shape index (κ3) is 4.56. The molecule has 0 fully saturated rings. The zero-order valence-electron chi connectivity index (χ0n) is 19.9. The summed E-state index contributed by atoms with van der Waals surface area (Å²) < 4.78 is 12.5. The molecule has 2 amide bonds. The summed E-state index contributed by atoms with van der Waals surface area (Å²) >= 11 is 0. The van der Waals surface area contributed by atoms with Gasteiger partial charge in [-0.2, -0.15) is 0 Å². The van der Waals surface area contributed by atoms with E-state index in [0.717, 1.165) is 41.2 Å². The van der Waals surface area contributed by atoms with Crippen molar-refractivity contribution in [2.45, 2.75) is 25.8 Å². The van der Waals surface area contributed by atoms with E-state index in [1.165, 1.54) is 7.11 Å². The van der Waals surface area contributed by atoms with Crippen LogP contribution in [-0.4, -0.2) is 55.2 Å². The molecule has 1 aliphatic heterocycles. The van der Waals surface area contributed by atoms with E-state index in [1.807, 2.05) is 71.8 Å². The van der Waals surface area contributed by atoms with E-state index in [0.29, 0.717) is 6.54 Å². The van der Waals surface area contributed by atoms with Gasteiger partial charge in [-0.1, -0.05) is 37.6 Å². The van der Waals surface area contributed by atoms with Crippen LogP contribution in [0.3, 0.4) is 0 Å². The number of unbranched alkanes of at least 4 members (excludes halogenated alkanes) is 1. The van der Waals surface area contributed by atoms with Gasteiger partial charge >= 0.3 is 0 Å². The Kier molecular flexibility index (Phi) is 7.33. The summed E-state index contributed by atoms with van der Waals surface area (Å²) in [4.78, 5) is 30.1. The third-order valence-electron chi connectivity index (χ3n) is 6.15. The molecule has 7 heteroatoms. The van der Waals surface area contributed by atoms with Crippen molar-refractivity contribution in [3.63, 3.8) is 0 Å². The fraction of sp³-hybridized carbons (Fsp3) is 0.333. The van der Waals surface area contributed by atoms with E-state index in [1.54, 1.807) is 12.0 Å². The van der Waals surface area contributed by atoms with Crippen LogP contribution in [0.2, 0.25) is 0 Å². The lowest BCUT2D eigenvalue weighted by Crippen LogP contribution is -2.47. The summed E-state index contributed by atoms with van der Waals surface area (Å²) in [7, 11) is 3.13. The highest BCUT2D eigenvalue weighted by atomic mass is 16.5. The summed E-state index contributed by atoms with van der Waals surface area (Å²) in [5.74, 6) is 0.435. The standard InChI is InChI=1S/C27H31N3O4/c1-4-5-16-28(26(32)19-33-2)18-25(31)30-23-10-7-6-9-22(23)29-17-8-11-24(29)27(30)20-12-14-21(34-3)15-13-20/h6-15,17,27H,4-5,16,18-19H2,1-3H3. The summed E-state index contributed by atoms with van der Waals surface area (Å²) in [6, 6.07) is 19.3. The van der Waals surface area contributed by atoms with Crippen molar-refractivity contribution in [3.05, 3.63) is 78.1 Å². The molecular formula is C27H31N3O4. The Hall–Kier alpha value is -3.58. The Morgan fingerprint density at radius 2 is 1.71 bits per heavy atom. The number of para-hydroxylation sites is 2. The number of carbonyl (C=O) groups is 2. The zero-order chi connectivity index (χ0) is 24.1. The molecule has 178 valence electrons. The number of aromatic nitrogens is 1. The highest BCUT2D eigenvalue weighted by molar-refractivity contribution is 6.00. The fourth-order valence-corrected chi connectivity index (χ4v) is 4.46. The van der Waals surface area contributed by atoms with Gasteiger partial charge in [-0.05, 0) is 48.4 Å². The molecule has 1 atom stereocenters. The lowest BCUT2D eigenvalue weighted by molar-refractivity contribution is -0.138. The van der Waals surface area contributed by atoms with E-state index in [2.05, 4.69) is 11.5 Å². The molecule has 34 heavy (non-hydrogen) atoms. The van der Waals surface area contributed by atoms with Crippen LogP contribution >= 0.6 is 0 Å². The number of ether oxygens (including phenoxy) is 2. The van der Waals surface area contributed by atoms with E-state index in [4.69, 9.17) is 9.47 Å². The van der Waals surface area contributed by atoms with Crippen LogP contribution in [-0.2, 0) is 14.3 Å². The quantitative estimate of drug-likeness (QED) is 0.479. The predicted octanol–water partition coefficient (Wildman–Crippen LogP) is 4.20. The monoisotopic (exact) mass is 461 g/mol. The Balaban J connectivity index is 1.76. The molecule has 1 unspecified atom stereocenters. The van der Waals surface area contributed by atoms with Gasteiger partial charge in [-0.3, -0.25) is 14.5 Å². The third-order valence-corrected chi connectivity index (χ3v) is 6.15. The maximum atomic E-state index is 13.9. The Morgan fingerprint density at radius 1 is 0.971 bits per heavy atom. The van der Waals surface area contributed by atoms with E-state index >= 15 is 0 Å². The molecule has 0 bridgehead atoms. The van der Waals surface area contributed by atoms with Crippen LogP contribution in [0.5, 0.6) is 5.75 Å². The molecule has 0 saturated carbocycles. The molecule has 2 heterocycles. The molecular weight excluding hydrogens is 430 g/mol. The van der Waals surface area contributed by atoms with Gasteiger partial charge in [-0.15, -0.1) is 0 Å². The number of fused-ring (bicyclic) bond motifs is 3. The smallest absolute Gasteiger partial charge is 0.249 e. The van der Waals surface area contributed by atoms with Crippen molar-refractivity contribution < 1.29 is 19.1 Å². The first-order valence-corrected chi connectivity index (χ1v) is 11.6. The number of nitrogens with zero attached hydrogens (tertiary/aromatic N) is 3.